The second-order valence-electron chi connectivity index (χ2n) is 4.74. The van der Waals surface area contributed by atoms with E-state index in [1.54, 1.807) is 11.3 Å². The first-order chi connectivity index (χ1) is 8.16. The fourth-order valence-electron chi connectivity index (χ4n) is 1.78. The van der Waals surface area contributed by atoms with E-state index in [4.69, 9.17) is 0 Å². The lowest BCUT2D eigenvalue weighted by atomic mass is 10.2. The minimum Gasteiger partial charge on any atom is -0.350 e. The van der Waals surface area contributed by atoms with Crippen molar-refractivity contribution in [1.82, 2.24) is 15.6 Å². The van der Waals surface area contributed by atoms with Gasteiger partial charge in [0.25, 0.3) is 5.91 Å². The maximum Gasteiger partial charge on any atom is 0.280 e. The zero-order chi connectivity index (χ0) is 12.3. The minimum absolute atomic E-state index is 0.0234. The number of thiazole rings is 1. The molecule has 1 amide bonds. The Morgan fingerprint density at radius 3 is 3.00 bits per heavy atom. The van der Waals surface area contributed by atoms with Crippen LogP contribution >= 0.6 is 11.3 Å². The van der Waals surface area contributed by atoms with E-state index in [9.17, 15) is 4.79 Å². The SMILES string of the molecule is CC(C)CNC(=O)c1nc2c(s1)CCNCC2. The Hall–Kier alpha value is -0.940. The van der Waals surface area contributed by atoms with Crippen molar-refractivity contribution in [1.29, 1.82) is 0 Å². The number of rotatable bonds is 3. The third-order valence-electron chi connectivity index (χ3n) is 2.71. The summed E-state index contributed by atoms with van der Waals surface area (Å²) < 4.78 is 0. The van der Waals surface area contributed by atoms with Crippen LogP contribution in [0.1, 0.15) is 34.2 Å². The Morgan fingerprint density at radius 1 is 1.47 bits per heavy atom. The molecular weight excluding hydrogens is 234 g/mol. The van der Waals surface area contributed by atoms with E-state index in [-0.39, 0.29) is 5.91 Å². The van der Waals surface area contributed by atoms with E-state index in [0.29, 0.717) is 17.5 Å². The molecule has 0 saturated carbocycles. The van der Waals surface area contributed by atoms with Crippen LogP contribution in [0.25, 0.3) is 0 Å². The number of nitrogens with zero attached hydrogens (tertiary/aromatic N) is 1. The fourth-order valence-corrected chi connectivity index (χ4v) is 2.80. The van der Waals surface area contributed by atoms with Crippen LogP contribution in [0.15, 0.2) is 0 Å². The molecule has 17 heavy (non-hydrogen) atoms. The lowest BCUT2D eigenvalue weighted by Crippen LogP contribution is -2.27. The average Bonchev–Trinajstić information content (AvgIpc) is 2.58. The van der Waals surface area contributed by atoms with Gasteiger partial charge in [-0.15, -0.1) is 11.3 Å². The van der Waals surface area contributed by atoms with Crippen LogP contribution in [0.4, 0.5) is 0 Å². The second-order valence-corrected chi connectivity index (χ2v) is 5.83. The van der Waals surface area contributed by atoms with Gasteiger partial charge in [0.05, 0.1) is 5.69 Å². The maximum atomic E-state index is 11.9. The Labute approximate surface area is 106 Å². The van der Waals surface area contributed by atoms with Gasteiger partial charge >= 0.3 is 0 Å². The Balaban J connectivity index is 2.04. The van der Waals surface area contributed by atoms with Crippen molar-refractivity contribution in [2.24, 2.45) is 5.92 Å². The van der Waals surface area contributed by atoms with Gasteiger partial charge in [0.2, 0.25) is 0 Å². The minimum atomic E-state index is -0.0234. The molecule has 0 aromatic carbocycles. The topological polar surface area (TPSA) is 54.0 Å². The molecule has 0 saturated heterocycles. The molecule has 1 aromatic heterocycles. The van der Waals surface area contributed by atoms with E-state index < -0.39 is 0 Å². The Bertz CT molecular complexity index is 377. The number of carbonyl (C=O) groups is 1. The monoisotopic (exact) mass is 253 g/mol. The first-order valence-electron chi connectivity index (χ1n) is 6.14. The molecule has 2 rings (SSSR count). The summed E-state index contributed by atoms with van der Waals surface area (Å²) in [5.41, 5.74) is 1.11. The molecule has 5 heteroatoms. The molecule has 0 aliphatic carbocycles. The quantitative estimate of drug-likeness (QED) is 0.851. The number of nitrogens with one attached hydrogen (secondary N) is 2. The molecule has 0 atom stereocenters. The van der Waals surface area contributed by atoms with Crippen molar-refractivity contribution < 1.29 is 4.79 Å². The summed E-state index contributed by atoms with van der Waals surface area (Å²) in [5.74, 6) is 0.450. The molecule has 4 nitrogen and oxygen atoms in total. The van der Waals surface area contributed by atoms with Crippen molar-refractivity contribution in [2.75, 3.05) is 19.6 Å². The number of aromatic nitrogens is 1. The van der Waals surface area contributed by atoms with Crippen molar-refractivity contribution in [3.63, 3.8) is 0 Å². The predicted octanol–water partition coefficient (Wildman–Crippen LogP) is 1.22. The van der Waals surface area contributed by atoms with Gasteiger partial charge < -0.3 is 10.6 Å². The van der Waals surface area contributed by atoms with Crippen LogP contribution in [-0.2, 0) is 12.8 Å². The summed E-state index contributed by atoms with van der Waals surface area (Å²) in [4.78, 5) is 17.6. The van der Waals surface area contributed by atoms with Crippen molar-refractivity contribution in [2.45, 2.75) is 26.7 Å². The highest BCUT2D eigenvalue weighted by molar-refractivity contribution is 7.13. The van der Waals surface area contributed by atoms with Gasteiger partial charge in [-0.05, 0) is 12.3 Å². The second kappa shape index (κ2) is 5.60. The third-order valence-corrected chi connectivity index (χ3v) is 3.87. The van der Waals surface area contributed by atoms with Gasteiger partial charge in [-0.2, -0.15) is 0 Å². The number of hydrogen-bond donors (Lipinski definition) is 2. The smallest absolute Gasteiger partial charge is 0.280 e. The molecule has 2 heterocycles. The van der Waals surface area contributed by atoms with Gasteiger partial charge in [0.15, 0.2) is 5.01 Å². The first-order valence-corrected chi connectivity index (χ1v) is 6.96. The summed E-state index contributed by atoms with van der Waals surface area (Å²) in [5, 5.41) is 6.87. The maximum absolute atomic E-state index is 11.9. The molecule has 1 aliphatic rings. The molecule has 94 valence electrons. The van der Waals surface area contributed by atoms with Crippen molar-refractivity contribution in [3.05, 3.63) is 15.6 Å². The highest BCUT2D eigenvalue weighted by atomic mass is 32.1. The van der Waals surface area contributed by atoms with Crippen LogP contribution in [0.2, 0.25) is 0 Å². The summed E-state index contributed by atoms with van der Waals surface area (Å²) >= 11 is 1.55. The summed E-state index contributed by atoms with van der Waals surface area (Å²) in [6.07, 6.45) is 1.92. The summed E-state index contributed by atoms with van der Waals surface area (Å²) in [6, 6.07) is 0. The van der Waals surface area contributed by atoms with Gasteiger partial charge in [-0.3, -0.25) is 4.79 Å². The van der Waals surface area contributed by atoms with Crippen LogP contribution in [0.3, 0.4) is 0 Å². The largest absolute Gasteiger partial charge is 0.350 e. The van der Waals surface area contributed by atoms with E-state index in [1.807, 2.05) is 0 Å². The van der Waals surface area contributed by atoms with Gasteiger partial charge in [0.1, 0.15) is 0 Å². The highest BCUT2D eigenvalue weighted by Gasteiger charge is 2.17. The molecule has 0 radical (unpaired) electrons. The zero-order valence-electron chi connectivity index (χ0n) is 10.4. The van der Waals surface area contributed by atoms with Gasteiger partial charge in [0, 0.05) is 30.9 Å². The fraction of sp³-hybridized carbons (Fsp3) is 0.667. The summed E-state index contributed by atoms with van der Waals surface area (Å²) in [7, 11) is 0. The van der Waals surface area contributed by atoms with E-state index in [0.717, 1.165) is 31.6 Å². The van der Waals surface area contributed by atoms with E-state index in [1.165, 1.54) is 4.88 Å². The molecule has 1 aliphatic heterocycles. The Kier molecular flexibility index (Phi) is 4.12. The van der Waals surface area contributed by atoms with Crippen LogP contribution in [0, 0.1) is 5.92 Å². The molecule has 2 N–H and O–H groups in total. The standard InChI is InChI=1S/C12H19N3OS/c1-8(2)7-14-11(16)12-15-9-3-5-13-6-4-10(9)17-12/h8,13H,3-7H2,1-2H3,(H,14,16). The first kappa shape index (κ1) is 12.5. The molecule has 1 aromatic rings. The molecule has 0 unspecified atom stereocenters. The van der Waals surface area contributed by atoms with E-state index >= 15 is 0 Å². The molecule has 0 bridgehead atoms. The lowest BCUT2D eigenvalue weighted by Gasteiger charge is -2.05. The van der Waals surface area contributed by atoms with Crippen molar-refractivity contribution >= 4 is 17.2 Å². The van der Waals surface area contributed by atoms with Crippen molar-refractivity contribution in [3.8, 4) is 0 Å². The number of hydrogen-bond acceptors (Lipinski definition) is 4. The van der Waals surface area contributed by atoms with Crippen LogP contribution < -0.4 is 10.6 Å². The molecule has 0 spiro atoms. The molecule has 0 fully saturated rings. The van der Waals surface area contributed by atoms with Gasteiger partial charge in [-0.1, -0.05) is 13.8 Å². The summed E-state index contributed by atoms with van der Waals surface area (Å²) in [6.45, 7) is 6.84. The lowest BCUT2D eigenvalue weighted by molar-refractivity contribution is 0.0948. The third kappa shape index (κ3) is 3.26. The normalized spacial score (nSPS) is 15.5. The average molecular weight is 253 g/mol. The molecular formula is C12H19N3OS. The Morgan fingerprint density at radius 2 is 2.24 bits per heavy atom. The van der Waals surface area contributed by atoms with Crippen LogP contribution in [0.5, 0.6) is 0 Å². The van der Waals surface area contributed by atoms with E-state index in [2.05, 4.69) is 29.5 Å². The predicted molar refractivity (Wildman–Crippen MR) is 69.6 cm³/mol. The number of amides is 1. The number of carbonyl (C=O) groups excluding carboxylic acids is 1. The number of fused-ring (bicyclic) bond motifs is 1. The highest BCUT2D eigenvalue weighted by Crippen LogP contribution is 2.21. The van der Waals surface area contributed by atoms with Gasteiger partial charge in [-0.25, -0.2) is 4.98 Å². The van der Waals surface area contributed by atoms with Crippen LogP contribution in [-0.4, -0.2) is 30.5 Å². The zero-order valence-corrected chi connectivity index (χ0v) is 11.2.